The molecule has 4 nitrogen and oxygen atoms in total. The van der Waals surface area contributed by atoms with Gasteiger partial charge in [-0.25, -0.2) is 10.5 Å². The summed E-state index contributed by atoms with van der Waals surface area (Å²) in [6.45, 7) is 2.38. The Bertz CT molecular complexity index is 293. The van der Waals surface area contributed by atoms with Crippen LogP contribution in [0.3, 0.4) is 0 Å². The third-order valence-electron chi connectivity index (χ3n) is 1.24. The Balaban J connectivity index is 2.77. The highest BCUT2D eigenvalue weighted by atomic mass is 16.6. The SMILES string of the molecule is CCONc1ncccc1C#N. The van der Waals surface area contributed by atoms with E-state index in [1.807, 2.05) is 13.0 Å². The normalized spacial score (nSPS) is 9.00. The zero-order valence-electron chi connectivity index (χ0n) is 6.74. The first-order chi connectivity index (χ1) is 5.88. The fraction of sp³-hybridized carbons (Fsp3) is 0.250. The Kier molecular flexibility index (Phi) is 3.05. The third-order valence-corrected chi connectivity index (χ3v) is 1.24. The number of anilines is 1. The number of rotatable bonds is 3. The zero-order valence-corrected chi connectivity index (χ0v) is 6.74. The van der Waals surface area contributed by atoms with Crippen LogP contribution in [-0.4, -0.2) is 11.6 Å². The molecule has 0 aliphatic heterocycles. The number of hydrogen-bond acceptors (Lipinski definition) is 4. The Hall–Kier alpha value is -1.60. The van der Waals surface area contributed by atoms with E-state index in [-0.39, 0.29) is 0 Å². The molecule has 1 rings (SSSR count). The van der Waals surface area contributed by atoms with Crippen LogP contribution in [0.15, 0.2) is 18.3 Å². The molecule has 62 valence electrons. The lowest BCUT2D eigenvalue weighted by molar-refractivity contribution is 0.209. The standard InChI is InChI=1S/C8H9N3O/c1-2-12-11-8-7(6-9)4-3-5-10-8/h3-5H,2H2,1H3,(H,10,11). The van der Waals surface area contributed by atoms with Gasteiger partial charge in [0.2, 0.25) is 0 Å². The topological polar surface area (TPSA) is 57.9 Å². The lowest BCUT2D eigenvalue weighted by atomic mass is 10.3. The summed E-state index contributed by atoms with van der Waals surface area (Å²) in [5, 5.41) is 8.63. The van der Waals surface area contributed by atoms with Gasteiger partial charge in [-0.1, -0.05) is 0 Å². The van der Waals surface area contributed by atoms with Gasteiger partial charge in [0.05, 0.1) is 12.2 Å². The molecule has 0 aliphatic rings. The summed E-state index contributed by atoms with van der Waals surface area (Å²) in [5.74, 6) is 0.460. The minimum absolute atomic E-state index is 0.460. The smallest absolute Gasteiger partial charge is 0.167 e. The fourth-order valence-corrected chi connectivity index (χ4v) is 0.717. The number of nitrogens with zero attached hydrogens (tertiary/aromatic N) is 2. The minimum atomic E-state index is 0.460. The Morgan fingerprint density at radius 2 is 2.58 bits per heavy atom. The lowest BCUT2D eigenvalue weighted by Gasteiger charge is -2.03. The summed E-state index contributed by atoms with van der Waals surface area (Å²) in [4.78, 5) is 8.83. The molecule has 1 N–H and O–H groups in total. The fourth-order valence-electron chi connectivity index (χ4n) is 0.717. The van der Waals surface area contributed by atoms with Crippen LogP contribution < -0.4 is 5.48 Å². The second-order valence-corrected chi connectivity index (χ2v) is 2.05. The van der Waals surface area contributed by atoms with Crippen molar-refractivity contribution < 1.29 is 4.84 Å². The van der Waals surface area contributed by atoms with Crippen molar-refractivity contribution in [3.8, 4) is 6.07 Å². The summed E-state index contributed by atoms with van der Waals surface area (Å²) >= 11 is 0. The summed E-state index contributed by atoms with van der Waals surface area (Å²) < 4.78 is 0. The Morgan fingerprint density at radius 1 is 1.75 bits per heavy atom. The molecule has 0 spiro atoms. The van der Waals surface area contributed by atoms with Crippen LogP contribution in [0.25, 0.3) is 0 Å². The van der Waals surface area contributed by atoms with Gasteiger partial charge < -0.3 is 0 Å². The molecule has 0 saturated carbocycles. The molecule has 0 fully saturated rings. The van der Waals surface area contributed by atoms with Gasteiger partial charge in [0.15, 0.2) is 5.82 Å². The highest BCUT2D eigenvalue weighted by Crippen LogP contribution is 2.08. The van der Waals surface area contributed by atoms with Crippen LogP contribution in [0.2, 0.25) is 0 Å². The van der Waals surface area contributed by atoms with Crippen LogP contribution in [0.1, 0.15) is 12.5 Å². The number of hydrogen-bond donors (Lipinski definition) is 1. The van der Waals surface area contributed by atoms with Gasteiger partial charge >= 0.3 is 0 Å². The first kappa shape index (κ1) is 8.50. The third kappa shape index (κ3) is 1.94. The maximum atomic E-state index is 8.63. The number of nitrogens with one attached hydrogen (secondary N) is 1. The van der Waals surface area contributed by atoms with Gasteiger partial charge in [-0.3, -0.25) is 4.84 Å². The molecule has 0 bridgehead atoms. The maximum Gasteiger partial charge on any atom is 0.167 e. The number of aromatic nitrogens is 1. The summed E-state index contributed by atoms with van der Waals surface area (Å²) in [6, 6.07) is 5.38. The highest BCUT2D eigenvalue weighted by molar-refractivity contribution is 5.49. The van der Waals surface area contributed by atoms with Crippen molar-refractivity contribution in [2.45, 2.75) is 6.92 Å². The van der Waals surface area contributed by atoms with Gasteiger partial charge in [0, 0.05) is 6.20 Å². The van der Waals surface area contributed by atoms with Crippen LogP contribution in [0.5, 0.6) is 0 Å². The van der Waals surface area contributed by atoms with Gasteiger partial charge in [0.1, 0.15) is 6.07 Å². The zero-order chi connectivity index (χ0) is 8.81. The van der Waals surface area contributed by atoms with Crippen molar-refractivity contribution in [1.29, 1.82) is 5.26 Å². The van der Waals surface area contributed by atoms with E-state index in [1.165, 1.54) is 0 Å². The molecule has 1 aromatic rings. The van der Waals surface area contributed by atoms with Crippen molar-refractivity contribution in [3.05, 3.63) is 23.9 Å². The summed E-state index contributed by atoms with van der Waals surface area (Å²) in [7, 11) is 0. The second kappa shape index (κ2) is 4.31. The summed E-state index contributed by atoms with van der Waals surface area (Å²) in [6.07, 6.45) is 1.60. The van der Waals surface area contributed by atoms with Crippen molar-refractivity contribution in [2.24, 2.45) is 0 Å². The van der Waals surface area contributed by atoms with Gasteiger partial charge in [-0.15, -0.1) is 0 Å². The van der Waals surface area contributed by atoms with E-state index in [9.17, 15) is 0 Å². The number of nitriles is 1. The quantitative estimate of drug-likeness (QED) is 0.682. The average Bonchev–Trinajstić information content (AvgIpc) is 2.15. The molecule has 12 heavy (non-hydrogen) atoms. The van der Waals surface area contributed by atoms with E-state index in [0.29, 0.717) is 18.0 Å². The van der Waals surface area contributed by atoms with E-state index in [4.69, 9.17) is 10.1 Å². The largest absolute Gasteiger partial charge is 0.275 e. The molecule has 0 unspecified atom stereocenters. The van der Waals surface area contributed by atoms with E-state index in [2.05, 4.69) is 10.5 Å². The van der Waals surface area contributed by atoms with Crippen molar-refractivity contribution >= 4 is 5.82 Å². The van der Waals surface area contributed by atoms with E-state index >= 15 is 0 Å². The average molecular weight is 163 g/mol. The predicted molar refractivity (Wildman–Crippen MR) is 44.2 cm³/mol. The predicted octanol–water partition coefficient (Wildman–Crippen LogP) is 1.32. The molecular formula is C8H9N3O. The molecule has 1 aromatic heterocycles. The molecule has 0 saturated heterocycles. The van der Waals surface area contributed by atoms with Crippen molar-refractivity contribution in [1.82, 2.24) is 4.98 Å². The molecular weight excluding hydrogens is 154 g/mol. The Labute approximate surface area is 70.8 Å². The first-order valence-electron chi connectivity index (χ1n) is 3.61. The van der Waals surface area contributed by atoms with E-state index in [1.54, 1.807) is 18.3 Å². The molecule has 0 amide bonds. The maximum absolute atomic E-state index is 8.63. The minimum Gasteiger partial charge on any atom is -0.275 e. The molecule has 0 aromatic carbocycles. The first-order valence-corrected chi connectivity index (χ1v) is 3.61. The Morgan fingerprint density at radius 3 is 3.25 bits per heavy atom. The monoisotopic (exact) mass is 163 g/mol. The van der Waals surface area contributed by atoms with Gasteiger partial charge in [-0.2, -0.15) is 5.26 Å². The van der Waals surface area contributed by atoms with Crippen molar-refractivity contribution in [2.75, 3.05) is 12.1 Å². The molecule has 0 atom stereocenters. The van der Waals surface area contributed by atoms with E-state index < -0.39 is 0 Å². The number of pyridine rings is 1. The molecule has 4 heteroatoms. The van der Waals surface area contributed by atoms with Gasteiger partial charge in [-0.05, 0) is 19.1 Å². The second-order valence-electron chi connectivity index (χ2n) is 2.05. The lowest BCUT2D eigenvalue weighted by Crippen LogP contribution is -2.03. The van der Waals surface area contributed by atoms with Crippen LogP contribution in [-0.2, 0) is 4.84 Å². The molecule has 0 radical (unpaired) electrons. The van der Waals surface area contributed by atoms with Crippen LogP contribution >= 0.6 is 0 Å². The van der Waals surface area contributed by atoms with Crippen LogP contribution in [0, 0.1) is 11.3 Å². The summed E-state index contributed by atoms with van der Waals surface area (Å²) in [5.41, 5.74) is 3.06. The van der Waals surface area contributed by atoms with Gasteiger partial charge in [0.25, 0.3) is 0 Å². The molecule has 0 aliphatic carbocycles. The van der Waals surface area contributed by atoms with Crippen molar-refractivity contribution in [3.63, 3.8) is 0 Å². The van der Waals surface area contributed by atoms with E-state index in [0.717, 1.165) is 0 Å². The molecule has 1 heterocycles. The highest BCUT2D eigenvalue weighted by Gasteiger charge is 1.99. The van der Waals surface area contributed by atoms with Crippen LogP contribution in [0.4, 0.5) is 5.82 Å².